The molecule has 10 heteroatoms. The number of hydrogen-bond acceptors (Lipinski definition) is 4. The van der Waals surface area contributed by atoms with Gasteiger partial charge < -0.3 is 15.3 Å². The molecule has 6 nitrogen and oxygen atoms in total. The van der Waals surface area contributed by atoms with E-state index in [1.54, 1.807) is 5.32 Å². The summed E-state index contributed by atoms with van der Waals surface area (Å²) in [6.45, 7) is 0. The first-order valence-corrected chi connectivity index (χ1v) is 7.81. The number of halogens is 3. The summed E-state index contributed by atoms with van der Waals surface area (Å²) in [6, 6.07) is -2.39. The van der Waals surface area contributed by atoms with E-state index in [9.17, 15) is 32.7 Å². The lowest BCUT2D eigenvalue weighted by molar-refractivity contribution is -0.175. The molecule has 2 rings (SSSR count). The van der Waals surface area contributed by atoms with Crippen molar-refractivity contribution in [3.8, 4) is 0 Å². The summed E-state index contributed by atoms with van der Waals surface area (Å²) < 4.78 is 37.0. The van der Waals surface area contributed by atoms with Crippen LogP contribution in [0.1, 0.15) is 25.7 Å². The molecule has 0 unspecified atom stereocenters. The highest BCUT2D eigenvalue weighted by molar-refractivity contribution is 7.99. The van der Waals surface area contributed by atoms with Gasteiger partial charge in [0.05, 0.1) is 5.37 Å². The lowest BCUT2D eigenvalue weighted by Gasteiger charge is -2.39. The molecule has 2 saturated heterocycles. The van der Waals surface area contributed by atoms with E-state index in [1.165, 1.54) is 11.8 Å². The van der Waals surface area contributed by atoms with Gasteiger partial charge in [-0.2, -0.15) is 13.2 Å². The van der Waals surface area contributed by atoms with Gasteiger partial charge in [0.15, 0.2) is 0 Å². The lowest BCUT2D eigenvalue weighted by Crippen LogP contribution is -2.58. The van der Waals surface area contributed by atoms with E-state index < -0.39 is 36.0 Å². The summed E-state index contributed by atoms with van der Waals surface area (Å²) in [5.41, 5.74) is 0. The first-order valence-electron chi connectivity index (χ1n) is 6.76. The maximum absolute atomic E-state index is 12.4. The van der Waals surface area contributed by atoms with Crippen molar-refractivity contribution in [2.45, 2.75) is 49.3 Å². The van der Waals surface area contributed by atoms with Crippen LogP contribution in [0.2, 0.25) is 0 Å². The number of alkyl halides is 3. The SMILES string of the molecule is O=C(O)[C@@H]1CCC[C@@H]2SCC[C@H](NC(=O)C(F)(F)F)C(=O)N21. The number of piperidine rings is 1. The maximum atomic E-state index is 12.4. The smallest absolute Gasteiger partial charge is 0.471 e. The number of nitrogens with zero attached hydrogens (tertiary/aromatic N) is 1. The molecule has 2 heterocycles. The van der Waals surface area contributed by atoms with E-state index in [2.05, 4.69) is 0 Å². The van der Waals surface area contributed by atoms with Crippen LogP contribution >= 0.6 is 11.8 Å². The minimum absolute atomic E-state index is 0.0463. The summed E-state index contributed by atoms with van der Waals surface area (Å²) >= 11 is 1.34. The quantitative estimate of drug-likeness (QED) is 0.782. The van der Waals surface area contributed by atoms with Crippen molar-refractivity contribution < 1.29 is 32.7 Å². The van der Waals surface area contributed by atoms with Gasteiger partial charge in [-0.25, -0.2) is 4.79 Å². The van der Waals surface area contributed by atoms with Crippen molar-refractivity contribution in [3.05, 3.63) is 0 Å². The van der Waals surface area contributed by atoms with Gasteiger partial charge in [0.25, 0.3) is 0 Å². The van der Waals surface area contributed by atoms with E-state index in [4.69, 9.17) is 0 Å². The number of nitrogens with one attached hydrogen (secondary N) is 1. The first kappa shape index (κ1) is 16.9. The summed E-state index contributed by atoms with van der Waals surface area (Å²) in [5.74, 6) is -3.73. The summed E-state index contributed by atoms with van der Waals surface area (Å²) in [4.78, 5) is 35.9. The molecular formula is C12H15F3N2O4S. The topological polar surface area (TPSA) is 86.7 Å². The fraction of sp³-hybridized carbons (Fsp3) is 0.750. The number of carbonyl (C=O) groups excluding carboxylic acids is 2. The molecule has 0 spiro atoms. The summed E-state index contributed by atoms with van der Waals surface area (Å²) in [7, 11) is 0. The molecule has 0 bridgehead atoms. The number of aliphatic carboxylic acids is 1. The number of hydrogen-bond donors (Lipinski definition) is 2. The van der Waals surface area contributed by atoms with Crippen LogP contribution in [0, 0.1) is 0 Å². The molecule has 0 saturated carbocycles. The molecule has 22 heavy (non-hydrogen) atoms. The van der Waals surface area contributed by atoms with Crippen LogP contribution in [0.3, 0.4) is 0 Å². The zero-order valence-corrected chi connectivity index (χ0v) is 12.2. The van der Waals surface area contributed by atoms with Crippen LogP contribution < -0.4 is 5.32 Å². The van der Waals surface area contributed by atoms with Crippen LogP contribution in [0.15, 0.2) is 0 Å². The molecule has 2 amide bonds. The van der Waals surface area contributed by atoms with Crippen LogP contribution in [-0.4, -0.2) is 57.2 Å². The predicted molar refractivity (Wildman–Crippen MR) is 71.0 cm³/mol. The Kier molecular flexibility index (Phi) is 4.88. The van der Waals surface area contributed by atoms with E-state index >= 15 is 0 Å². The third-order valence-electron chi connectivity index (χ3n) is 3.69. The third kappa shape index (κ3) is 3.47. The minimum atomic E-state index is -5.08. The standard InChI is InChI=1S/C12H15F3N2O4S/c13-12(14,15)11(21)16-6-4-5-22-8-3-1-2-7(10(19)20)17(8)9(6)18/h6-8H,1-5H2,(H,16,21)(H,19,20)/t6-,7-,8-/m0/s1. The Labute approximate surface area is 128 Å². The fourth-order valence-electron chi connectivity index (χ4n) is 2.67. The van der Waals surface area contributed by atoms with Gasteiger partial charge >= 0.3 is 18.1 Å². The highest BCUT2D eigenvalue weighted by Gasteiger charge is 2.46. The fourth-order valence-corrected chi connectivity index (χ4v) is 4.05. The zero-order chi connectivity index (χ0) is 16.5. The maximum Gasteiger partial charge on any atom is 0.471 e. The monoisotopic (exact) mass is 340 g/mol. The average Bonchev–Trinajstić information content (AvgIpc) is 2.58. The Morgan fingerprint density at radius 3 is 2.55 bits per heavy atom. The number of carbonyl (C=O) groups is 3. The van der Waals surface area contributed by atoms with Crippen LogP contribution in [-0.2, 0) is 14.4 Å². The first-order chi connectivity index (χ1) is 10.2. The van der Waals surface area contributed by atoms with Gasteiger partial charge in [-0.15, -0.1) is 11.8 Å². The van der Waals surface area contributed by atoms with Crippen LogP contribution in [0.4, 0.5) is 13.2 Å². The second-order valence-corrected chi connectivity index (χ2v) is 6.45. The van der Waals surface area contributed by atoms with Crippen molar-refractivity contribution in [2.24, 2.45) is 0 Å². The Hall–Kier alpha value is -1.45. The van der Waals surface area contributed by atoms with Crippen molar-refractivity contribution in [3.63, 3.8) is 0 Å². The third-order valence-corrected chi connectivity index (χ3v) is 5.01. The molecule has 0 aromatic carbocycles. The molecule has 2 aliphatic rings. The number of amides is 2. The Bertz CT molecular complexity index is 485. The van der Waals surface area contributed by atoms with Gasteiger partial charge in [-0.05, 0) is 31.4 Å². The number of thioether (sulfide) groups is 1. The predicted octanol–water partition coefficient (Wildman–Crippen LogP) is 0.962. The molecule has 0 aliphatic carbocycles. The zero-order valence-electron chi connectivity index (χ0n) is 11.4. The van der Waals surface area contributed by atoms with Gasteiger partial charge in [0.1, 0.15) is 12.1 Å². The molecule has 0 aromatic heterocycles. The van der Waals surface area contributed by atoms with Gasteiger partial charge in [-0.3, -0.25) is 9.59 Å². The number of carboxylic acid groups (broad SMARTS) is 1. The van der Waals surface area contributed by atoms with E-state index in [0.29, 0.717) is 18.6 Å². The molecular weight excluding hydrogens is 325 g/mol. The van der Waals surface area contributed by atoms with Gasteiger partial charge in [0.2, 0.25) is 5.91 Å². The van der Waals surface area contributed by atoms with Crippen molar-refractivity contribution in [1.82, 2.24) is 10.2 Å². The minimum Gasteiger partial charge on any atom is -0.480 e. The number of fused-ring (bicyclic) bond motifs is 1. The Morgan fingerprint density at radius 1 is 1.27 bits per heavy atom. The van der Waals surface area contributed by atoms with Crippen molar-refractivity contribution in [2.75, 3.05) is 5.75 Å². The molecule has 2 aliphatic heterocycles. The molecule has 2 fully saturated rings. The molecule has 0 radical (unpaired) electrons. The van der Waals surface area contributed by atoms with Crippen LogP contribution in [0.25, 0.3) is 0 Å². The lowest BCUT2D eigenvalue weighted by atomic mass is 10.0. The van der Waals surface area contributed by atoms with E-state index in [-0.39, 0.29) is 18.2 Å². The van der Waals surface area contributed by atoms with E-state index in [0.717, 1.165) is 4.90 Å². The van der Waals surface area contributed by atoms with Gasteiger partial charge in [-0.1, -0.05) is 0 Å². The second-order valence-electron chi connectivity index (χ2n) is 5.17. The van der Waals surface area contributed by atoms with E-state index in [1.807, 2.05) is 0 Å². The van der Waals surface area contributed by atoms with Crippen LogP contribution in [0.5, 0.6) is 0 Å². The summed E-state index contributed by atoms with van der Waals surface area (Å²) in [5, 5.41) is 10.5. The van der Waals surface area contributed by atoms with Crippen molar-refractivity contribution >= 4 is 29.5 Å². The number of carboxylic acids is 1. The molecule has 3 atom stereocenters. The highest BCUT2D eigenvalue weighted by Crippen LogP contribution is 2.34. The average molecular weight is 340 g/mol. The highest BCUT2D eigenvalue weighted by atomic mass is 32.2. The molecule has 2 N–H and O–H groups in total. The number of rotatable bonds is 2. The summed E-state index contributed by atoms with van der Waals surface area (Å²) in [6.07, 6.45) is -3.53. The molecule has 124 valence electrons. The normalized spacial score (nSPS) is 29.5. The van der Waals surface area contributed by atoms with Gasteiger partial charge in [0, 0.05) is 0 Å². The second kappa shape index (κ2) is 6.35. The molecule has 0 aromatic rings. The van der Waals surface area contributed by atoms with Crippen molar-refractivity contribution in [1.29, 1.82) is 0 Å². The largest absolute Gasteiger partial charge is 0.480 e. The Morgan fingerprint density at radius 2 is 1.95 bits per heavy atom. The Balaban J connectivity index is 2.19.